The van der Waals surface area contributed by atoms with Crippen molar-refractivity contribution in [2.24, 2.45) is 0 Å². The molecule has 2 aromatic heterocycles. The molecule has 0 N–H and O–H groups in total. The van der Waals surface area contributed by atoms with Gasteiger partial charge < -0.3 is 0 Å². The molecule has 0 bridgehead atoms. The monoisotopic (exact) mass is 292 g/mol. The van der Waals surface area contributed by atoms with Crippen LogP contribution in [0.15, 0.2) is 24.3 Å². The Morgan fingerprint density at radius 3 is 2.58 bits per heavy atom. The summed E-state index contributed by atoms with van der Waals surface area (Å²) in [6, 6.07) is 7.48. The maximum Gasteiger partial charge on any atom is 0.169 e. The molecule has 3 aromatic rings. The van der Waals surface area contributed by atoms with Crippen molar-refractivity contribution in [2.45, 2.75) is 13.8 Å². The molecule has 0 radical (unpaired) electrons. The van der Waals surface area contributed by atoms with E-state index in [1.807, 2.05) is 36.4 Å². The van der Waals surface area contributed by atoms with Gasteiger partial charge in [0, 0.05) is 16.7 Å². The Labute approximate surface area is 120 Å². The van der Waals surface area contributed by atoms with Gasteiger partial charge in [0.1, 0.15) is 11.0 Å². The van der Waals surface area contributed by atoms with E-state index in [9.17, 15) is 0 Å². The highest BCUT2D eigenvalue weighted by Crippen LogP contribution is 2.25. The van der Waals surface area contributed by atoms with Crippen molar-refractivity contribution in [1.82, 2.24) is 19.6 Å². The predicted molar refractivity (Wildman–Crippen MR) is 75.7 cm³/mol. The summed E-state index contributed by atoms with van der Waals surface area (Å²) in [6.07, 6.45) is 0. The first-order valence-corrected chi connectivity index (χ1v) is 6.46. The second-order valence-electron chi connectivity index (χ2n) is 4.31. The van der Waals surface area contributed by atoms with Crippen molar-refractivity contribution in [1.29, 1.82) is 0 Å². The van der Waals surface area contributed by atoms with Gasteiger partial charge >= 0.3 is 0 Å². The molecule has 0 fully saturated rings. The molecule has 0 unspecified atom stereocenters. The van der Waals surface area contributed by atoms with Crippen LogP contribution in [0.3, 0.4) is 0 Å². The molecule has 0 spiro atoms. The standard InChI is InChI=1S/C13H10Cl2N4/c1-7-3-4-9(5-10(7)14)13-18-17-12-6-11(15)16-8(2)19(12)13/h3-6H,1-2H3. The molecule has 0 atom stereocenters. The highest BCUT2D eigenvalue weighted by molar-refractivity contribution is 6.31. The molecule has 6 heteroatoms. The Kier molecular flexibility index (Phi) is 2.92. The third-order valence-electron chi connectivity index (χ3n) is 2.96. The summed E-state index contributed by atoms with van der Waals surface area (Å²) in [4.78, 5) is 4.22. The molecule has 0 aliphatic rings. The minimum Gasteiger partial charge on any atom is -0.263 e. The molecular weight excluding hydrogens is 283 g/mol. The lowest BCUT2D eigenvalue weighted by atomic mass is 10.1. The van der Waals surface area contributed by atoms with Crippen LogP contribution < -0.4 is 0 Å². The summed E-state index contributed by atoms with van der Waals surface area (Å²) in [6.45, 7) is 3.82. The number of halogens is 2. The van der Waals surface area contributed by atoms with Crippen LogP contribution in [0.2, 0.25) is 10.2 Å². The van der Waals surface area contributed by atoms with Gasteiger partial charge in [0.2, 0.25) is 0 Å². The maximum atomic E-state index is 6.15. The molecule has 4 nitrogen and oxygen atoms in total. The number of hydrogen-bond donors (Lipinski definition) is 0. The zero-order chi connectivity index (χ0) is 13.6. The molecule has 3 rings (SSSR count). The average molecular weight is 293 g/mol. The van der Waals surface area contributed by atoms with Crippen LogP contribution in [0.1, 0.15) is 11.4 Å². The maximum absolute atomic E-state index is 6.15. The van der Waals surface area contributed by atoms with E-state index < -0.39 is 0 Å². The molecule has 0 amide bonds. The van der Waals surface area contributed by atoms with Crippen LogP contribution in [-0.2, 0) is 0 Å². The van der Waals surface area contributed by atoms with Crippen molar-refractivity contribution < 1.29 is 0 Å². The number of aryl methyl sites for hydroxylation is 2. The van der Waals surface area contributed by atoms with E-state index in [2.05, 4.69) is 15.2 Å². The third-order valence-corrected chi connectivity index (χ3v) is 3.56. The first-order chi connectivity index (χ1) is 9.06. The summed E-state index contributed by atoms with van der Waals surface area (Å²) >= 11 is 12.1. The van der Waals surface area contributed by atoms with Crippen molar-refractivity contribution in [2.75, 3.05) is 0 Å². The van der Waals surface area contributed by atoms with Crippen LogP contribution >= 0.6 is 23.2 Å². The summed E-state index contributed by atoms with van der Waals surface area (Å²) in [7, 11) is 0. The fraction of sp³-hybridized carbons (Fsp3) is 0.154. The summed E-state index contributed by atoms with van der Waals surface area (Å²) in [5, 5.41) is 9.42. The van der Waals surface area contributed by atoms with Gasteiger partial charge in [-0.25, -0.2) is 4.98 Å². The van der Waals surface area contributed by atoms with Crippen molar-refractivity contribution in [3.8, 4) is 11.4 Å². The Hall–Kier alpha value is -1.65. The number of fused-ring (bicyclic) bond motifs is 1. The molecule has 0 saturated carbocycles. The van der Waals surface area contributed by atoms with Crippen molar-refractivity contribution in [3.05, 3.63) is 45.8 Å². The number of hydrogen-bond acceptors (Lipinski definition) is 3. The molecule has 0 aliphatic heterocycles. The molecule has 1 aromatic carbocycles. The van der Waals surface area contributed by atoms with E-state index >= 15 is 0 Å². The van der Waals surface area contributed by atoms with Crippen LogP contribution in [0.25, 0.3) is 17.0 Å². The summed E-state index contributed by atoms with van der Waals surface area (Å²) in [5.74, 6) is 1.44. The Bertz CT molecular complexity index is 780. The van der Waals surface area contributed by atoms with Crippen molar-refractivity contribution >= 4 is 28.8 Å². The van der Waals surface area contributed by atoms with E-state index in [0.717, 1.165) is 17.0 Å². The predicted octanol–water partition coefficient (Wildman–Crippen LogP) is 3.71. The smallest absolute Gasteiger partial charge is 0.169 e. The third kappa shape index (κ3) is 2.07. The van der Waals surface area contributed by atoms with E-state index in [0.29, 0.717) is 21.6 Å². The molecular formula is C13H10Cl2N4. The SMILES string of the molecule is Cc1ccc(-c2nnc3cc(Cl)nc(C)n23)cc1Cl. The van der Waals surface area contributed by atoms with Gasteiger partial charge in [-0.2, -0.15) is 0 Å². The number of benzene rings is 1. The van der Waals surface area contributed by atoms with Gasteiger partial charge in [-0.3, -0.25) is 4.40 Å². The largest absolute Gasteiger partial charge is 0.263 e. The van der Waals surface area contributed by atoms with E-state index in [-0.39, 0.29) is 0 Å². The van der Waals surface area contributed by atoms with Gasteiger partial charge in [-0.1, -0.05) is 35.3 Å². The first kappa shape index (κ1) is 12.4. The molecule has 0 saturated heterocycles. The fourth-order valence-corrected chi connectivity index (χ4v) is 2.37. The minimum atomic E-state index is 0.408. The number of aromatic nitrogens is 4. The second-order valence-corrected chi connectivity index (χ2v) is 5.10. The summed E-state index contributed by atoms with van der Waals surface area (Å²) in [5.41, 5.74) is 2.59. The lowest BCUT2D eigenvalue weighted by molar-refractivity contribution is 0.988. The number of nitrogens with zero attached hydrogens (tertiary/aromatic N) is 4. The van der Waals surface area contributed by atoms with Gasteiger partial charge in [0.25, 0.3) is 0 Å². The first-order valence-electron chi connectivity index (χ1n) is 5.71. The number of rotatable bonds is 1. The lowest BCUT2D eigenvalue weighted by Gasteiger charge is -2.05. The Morgan fingerprint density at radius 2 is 1.84 bits per heavy atom. The molecule has 19 heavy (non-hydrogen) atoms. The fourth-order valence-electron chi connectivity index (χ4n) is 1.97. The average Bonchev–Trinajstić information content (AvgIpc) is 2.76. The highest BCUT2D eigenvalue weighted by Gasteiger charge is 2.12. The quantitative estimate of drug-likeness (QED) is 0.642. The van der Waals surface area contributed by atoms with Crippen LogP contribution in [0.5, 0.6) is 0 Å². The second kappa shape index (κ2) is 4.47. The van der Waals surface area contributed by atoms with E-state index in [1.165, 1.54) is 0 Å². The Balaban J connectivity index is 2.28. The highest BCUT2D eigenvalue weighted by atomic mass is 35.5. The van der Waals surface area contributed by atoms with Crippen LogP contribution in [0.4, 0.5) is 0 Å². The molecule has 2 heterocycles. The molecule has 0 aliphatic carbocycles. The van der Waals surface area contributed by atoms with Gasteiger partial charge in [0.15, 0.2) is 11.5 Å². The summed E-state index contributed by atoms with van der Waals surface area (Å²) < 4.78 is 1.85. The van der Waals surface area contributed by atoms with Crippen LogP contribution in [-0.4, -0.2) is 19.6 Å². The van der Waals surface area contributed by atoms with Crippen LogP contribution in [0, 0.1) is 13.8 Å². The van der Waals surface area contributed by atoms with E-state index in [4.69, 9.17) is 23.2 Å². The molecule has 96 valence electrons. The van der Waals surface area contributed by atoms with Gasteiger partial charge in [-0.05, 0) is 25.5 Å². The zero-order valence-corrected chi connectivity index (χ0v) is 11.9. The minimum absolute atomic E-state index is 0.408. The van der Waals surface area contributed by atoms with Gasteiger partial charge in [0.05, 0.1) is 0 Å². The topological polar surface area (TPSA) is 43.1 Å². The van der Waals surface area contributed by atoms with Gasteiger partial charge in [-0.15, -0.1) is 10.2 Å². The lowest BCUT2D eigenvalue weighted by Crippen LogP contribution is -1.98. The zero-order valence-electron chi connectivity index (χ0n) is 10.4. The normalized spacial score (nSPS) is 11.2. The Morgan fingerprint density at radius 1 is 1.05 bits per heavy atom. The van der Waals surface area contributed by atoms with Crippen molar-refractivity contribution in [3.63, 3.8) is 0 Å². The van der Waals surface area contributed by atoms with E-state index in [1.54, 1.807) is 6.07 Å².